The highest BCUT2D eigenvalue weighted by molar-refractivity contribution is 5.94. The van der Waals surface area contributed by atoms with Crippen LogP contribution in [0.5, 0.6) is 5.75 Å². The van der Waals surface area contributed by atoms with Gasteiger partial charge in [-0.1, -0.05) is 12.1 Å². The van der Waals surface area contributed by atoms with E-state index in [9.17, 15) is 9.59 Å². The maximum absolute atomic E-state index is 12.5. The van der Waals surface area contributed by atoms with E-state index in [1.54, 1.807) is 31.2 Å². The summed E-state index contributed by atoms with van der Waals surface area (Å²) in [6.07, 6.45) is -0.546. The van der Waals surface area contributed by atoms with Crippen LogP contribution in [0, 0.1) is 0 Å². The molecule has 2 heterocycles. The number of hydrogen-bond donors (Lipinski definition) is 0. The topological polar surface area (TPSA) is 53.1 Å². The third-order valence-electron chi connectivity index (χ3n) is 5.13. The van der Waals surface area contributed by atoms with Gasteiger partial charge in [0.2, 0.25) is 0 Å². The maximum atomic E-state index is 12.5. The summed E-state index contributed by atoms with van der Waals surface area (Å²) >= 11 is 0. The number of nitrogens with zero attached hydrogens (tertiary/aromatic N) is 3. The van der Waals surface area contributed by atoms with E-state index in [4.69, 9.17) is 4.74 Å². The number of ether oxygens (including phenoxy) is 1. The van der Waals surface area contributed by atoms with Crippen LogP contribution >= 0.6 is 0 Å². The minimum Gasteiger partial charge on any atom is -0.481 e. The SMILES string of the molecule is CC(=O)c1cccc(OC(C)C(=O)N2CC(N3CCN(C)CC3)C2)c1. The second kappa shape index (κ2) is 7.54. The molecule has 0 spiro atoms. The Kier molecular flexibility index (Phi) is 5.39. The van der Waals surface area contributed by atoms with Crippen LogP contribution < -0.4 is 4.74 Å². The summed E-state index contributed by atoms with van der Waals surface area (Å²) in [4.78, 5) is 30.7. The summed E-state index contributed by atoms with van der Waals surface area (Å²) in [5, 5.41) is 0. The fraction of sp³-hybridized carbons (Fsp3) is 0.579. The first-order chi connectivity index (χ1) is 11.9. The van der Waals surface area contributed by atoms with Crippen LogP contribution in [0.4, 0.5) is 0 Å². The molecule has 0 aliphatic carbocycles. The molecule has 25 heavy (non-hydrogen) atoms. The van der Waals surface area contributed by atoms with E-state index in [0.717, 1.165) is 39.3 Å². The van der Waals surface area contributed by atoms with Gasteiger partial charge < -0.3 is 14.5 Å². The van der Waals surface area contributed by atoms with E-state index in [1.807, 2.05) is 4.90 Å². The molecular formula is C19H27N3O3. The predicted molar refractivity (Wildman–Crippen MR) is 96.0 cm³/mol. The number of ketones is 1. The van der Waals surface area contributed by atoms with Gasteiger partial charge in [-0.3, -0.25) is 14.5 Å². The Morgan fingerprint density at radius 2 is 1.84 bits per heavy atom. The number of likely N-dealkylation sites (N-methyl/N-ethyl adjacent to an activating group) is 1. The smallest absolute Gasteiger partial charge is 0.263 e. The molecule has 6 nitrogen and oxygen atoms in total. The van der Waals surface area contributed by atoms with Crippen molar-refractivity contribution in [2.45, 2.75) is 26.0 Å². The van der Waals surface area contributed by atoms with Gasteiger partial charge in [-0.15, -0.1) is 0 Å². The molecule has 0 radical (unpaired) electrons. The number of carbonyl (C=O) groups is 2. The molecule has 0 N–H and O–H groups in total. The number of carbonyl (C=O) groups excluding carboxylic acids is 2. The first-order valence-corrected chi connectivity index (χ1v) is 8.93. The van der Waals surface area contributed by atoms with Crippen LogP contribution in [0.1, 0.15) is 24.2 Å². The predicted octanol–water partition coefficient (Wildman–Crippen LogP) is 1.11. The molecule has 0 aromatic heterocycles. The highest BCUT2D eigenvalue weighted by Crippen LogP contribution is 2.20. The van der Waals surface area contributed by atoms with Gasteiger partial charge in [0.1, 0.15) is 5.75 Å². The number of benzene rings is 1. The van der Waals surface area contributed by atoms with Crippen LogP contribution in [-0.2, 0) is 4.79 Å². The highest BCUT2D eigenvalue weighted by Gasteiger charge is 2.37. The number of piperazine rings is 1. The molecule has 2 aliphatic heterocycles. The molecule has 6 heteroatoms. The Morgan fingerprint density at radius 1 is 1.16 bits per heavy atom. The lowest BCUT2D eigenvalue weighted by atomic mass is 10.0. The average molecular weight is 345 g/mol. The summed E-state index contributed by atoms with van der Waals surface area (Å²) in [5.41, 5.74) is 0.594. The molecule has 2 saturated heterocycles. The van der Waals surface area contributed by atoms with Crippen molar-refractivity contribution in [1.29, 1.82) is 0 Å². The molecular weight excluding hydrogens is 318 g/mol. The molecule has 136 valence electrons. The van der Waals surface area contributed by atoms with E-state index in [-0.39, 0.29) is 11.7 Å². The molecule has 2 aliphatic rings. The van der Waals surface area contributed by atoms with Crippen LogP contribution in [0.3, 0.4) is 0 Å². The second-order valence-corrected chi connectivity index (χ2v) is 7.08. The number of hydrogen-bond acceptors (Lipinski definition) is 5. The van der Waals surface area contributed by atoms with E-state index in [1.165, 1.54) is 6.92 Å². The fourth-order valence-electron chi connectivity index (χ4n) is 3.35. The summed E-state index contributed by atoms with van der Waals surface area (Å²) in [6.45, 7) is 9.19. The summed E-state index contributed by atoms with van der Waals surface area (Å²) in [6, 6.07) is 7.47. The van der Waals surface area contributed by atoms with Crippen molar-refractivity contribution in [1.82, 2.24) is 14.7 Å². The van der Waals surface area contributed by atoms with Crippen LogP contribution in [0.2, 0.25) is 0 Å². The van der Waals surface area contributed by atoms with E-state index < -0.39 is 6.10 Å². The lowest BCUT2D eigenvalue weighted by Gasteiger charge is -2.48. The largest absolute Gasteiger partial charge is 0.481 e. The minimum absolute atomic E-state index is 0.0119. The second-order valence-electron chi connectivity index (χ2n) is 7.08. The Labute approximate surface area is 149 Å². The first-order valence-electron chi connectivity index (χ1n) is 8.93. The third-order valence-corrected chi connectivity index (χ3v) is 5.13. The van der Waals surface area contributed by atoms with Crippen LogP contribution in [0.15, 0.2) is 24.3 Å². The van der Waals surface area contributed by atoms with Gasteiger partial charge in [0.15, 0.2) is 11.9 Å². The Morgan fingerprint density at radius 3 is 2.48 bits per heavy atom. The first kappa shape index (κ1) is 17.9. The molecule has 0 saturated carbocycles. The number of rotatable bonds is 5. The fourth-order valence-corrected chi connectivity index (χ4v) is 3.35. The van der Waals surface area contributed by atoms with Gasteiger partial charge in [0.05, 0.1) is 0 Å². The Balaban J connectivity index is 1.49. The van der Waals surface area contributed by atoms with Crippen molar-refractivity contribution in [3.63, 3.8) is 0 Å². The van der Waals surface area contributed by atoms with E-state index in [0.29, 0.717) is 17.4 Å². The van der Waals surface area contributed by atoms with Crippen molar-refractivity contribution in [3.05, 3.63) is 29.8 Å². The van der Waals surface area contributed by atoms with Gasteiger partial charge in [0, 0.05) is 50.9 Å². The summed E-state index contributed by atoms with van der Waals surface area (Å²) in [7, 11) is 2.15. The molecule has 0 bridgehead atoms. The Bertz CT molecular complexity index is 635. The average Bonchev–Trinajstić information content (AvgIpc) is 2.55. The standard InChI is InChI=1S/C19H27N3O3/c1-14(23)16-5-4-6-18(11-16)25-15(2)19(24)22-12-17(13-22)21-9-7-20(3)8-10-21/h4-6,11,15,17H,7-10,12-13H2,1-3H3. The van der Waals surface area contributed by atoms with Crippen molar-refractivity contribution in [2.24, 2.45) is 0 Å². The normalized spacial score (nSPS) is 20.8. The number of Topliss-reactive ketones (excluding diaryl/α,β-unsaturated/α-hetero) is 1. The van der Waals surface area contributed by atoms with Crippen LogP contribution in [-0.4, -0.2) is 84.9 Å². The lowest BCUT2D eigenvalue weighted by Crippen LogP contribution is -2.65. The van der Waals surface area contributed by atoms with Crippen molar-refractivity contribution < 1.29 is 14.3 Å². The van der Waals surface area contributed by atoms with Crippen molar-refractivity contribution >= 4 is 11.7 Å². The zero-order valence-electron chi connectivity index (χ0n) is 15.3. The molecule has 1 amide bonds. The molecule has 3 rings (SSSR count). The maximum Gasteiger partial charge on any atom is 0.263 e. The van der Waals surface area contributed by atoms with Gasteiger partial charge in [-0.05, 0) is 33.0 Å². The molecule has 2 fully saturated rings. The number of likely N-dealkylation sites (tertiary alicyclic amines) is 1. The minimum atomic E-state index is -0.546. The van der Waals surface area contributed by atoms with Gasteiger partial charge in [0.25, 0.3) is 5.91 Å². The van der Waals surface area contributed by atoms with E-state index >= 15 is 0 Å². The van der Waals surface area contributed by atoms with Gasteiger partial charge in [-0.2, -0.15) is 0 Å². The van der Waals surface area contributed by atoms with Crippen molar-refractivity contribution in [2.75, 3.05) is 46.3 Å². The summed E-state index contributed by atoms with van der Waals surface area (Å²) < 4.78 is 5.75. The molecule has 1 aromatic rings. The molecule has 1 atom stereocenters. The zero-order valence-corrected chi connectivity index (χ0v) is 15.3. The van der Waals surface area contributed by atoms with Gasteiger partial charge >= 0.3 is 0 Å². The molecule has 1 unspecified atom stereocenters. The third kappa shape index (κ3) is 4.19. The van der Waals surface area contributed by atoms with Gasteiger partial charge in [-0.25, -0.2) is 0 Å². The summed E-state index contributed by atoms with van der Waals surface area (Å²) in [5.74, 6) is 0.561. The monoisotopic (exact) mass is 345 g/mol. The quantitative estimate of drug-likeness (QED) is 0.749. The Hall–Kier alpha value is -1.92. The van der Waals surface area contributed by atoms with Crippen molar-refractivity contribution in [3.8, 4) is 5.75 Å². The van der Waals surface area contributed by atoms with E-state index in [2.05, 4.69) is 16.8 Å². The zero-order chi connectivity index (χ0) is 18.0. The number of amides is 1. The highest BCUT2D eigenvalue weighted by atomic mass is 16.5. The lowest BCUT2D eigenvalue weighted by molar-refractivity contribution is -0.146. The molecule has 1 aromatic carbocycles. The van der Waals surface area contributed by atoms with Crippen LogP contribution in [0.25, 0.3) is 0 Å².